The van der Waals surface area contributed by atoms with Crippen molar-refractivity contribution in [1.82, 2.24) is 0 Å². The SMILES string of the molecule is COc1cc(N)cc(/C(C)=N/OCCC#N)c1. The fourth-order valence-corrected chi connectivity index (χ4v) is 1.24. The lowest BCUT2D eigenvalue weighted by molar-refractivity contribution is 0.150. The number of nitriles is 1. The molecule has 1 rings (SSSR count). The molecule has 2 N–H and O–H groups in total. The van der Waals surface area contributed by atoms with E-state index in [2.05, 4.69) is 5.16 Å². The van der Waals surface area contributed by atoms with Gasteiger partial charge in [0.1, 0.15) is 12.4 Å². The minimum Gasteiger partial charge on any atom is -0.497 e. The molecule has 0 amide bonds. The Hall–Kier alpha value is -2.22. The smallest absolute Gasteiger partial charge is 0.130 e. The number of hydrogen-bond acceptors (Lipinski definition) is 5. The Morgan fingerprint density at radius 3 is 2.88 bits per heavy atom. The molecule has 0 saturated carbocycles. The van der Waals surface area contributed by atoms with Crippen LogP contribution >= 0.6 is 0 Å². The number of benzene rings is 1. The van der Waals surface area contributed by atoms with Gasteiger partial charge in [0.15, 0.2) is 0 Å². The molecule has 17 heavy (non-hydrogen) atoms. The Labute approximate surface area is 100 Å². The van der Waals surface area contributed by atoms with Gasteiger partial charge < -0.3 is 15.3 Å². The topological polar surface area (TPSA) is 80.6 Å². The monoisotopic (exact) mass is 233 g/mol. The molecule has 1 aromatic carbocycles. The summed E-state index contributed by atoms with van der Waals surface area (Å²) in [5.74, 6) is 0.673. The van der Waals surface area contributed by atoms with Gasteiger partial charge in [-0.3, -0.25) is 0 Å². The van der Waals surface area contributed by atoms with Gasteiger partial charge in [-0.05, 0) is 19.1 Å². The molecule has 0 spiro atoms. The van der Waals surface area contributed by atoms with Crippen molar-refractivity contribution >= 4 is 11.4 Å². The Kier molecular flexibility index (Phi) is 4.82. The molecule has 0 bridgehead atoms. The number of methoxy groups -OCH3 is 1. The van der Waals surface area contributed by atoms with Crippen molar-refractivity contribution in [2.24, 2.45) is 5.16 Å². The number of anilines is 1. The van der Waals surface area contributed by atoms with Crippen molar-refractivity contribution < 1.29 is 9.57 Å². The Morgan fingerprint density at radius 1 is 1.47 bits per heavy atom. The van der Waals surface area contributed by atoms with Crippen molar-refractivity contribution in [2.75, 3.05) is 19.5 Å². The van der Waals surface area contributed by atoms with Crippen LogP contribution in [0.15, 0.2) is 23.4 Å². The van der Waals surface area contributed by atoms with Gasteiger partial charge in [0.25, 0.3) is 0 Å². The average molecular weight is 233 g/mol. The van der Waals surface area contributed by atoms with Crippen LogP contribution in [0.2, 0.25) is 0 Å². The van der Waals surface area contributed by atoms with Crippen LogP contribution in [0.3, 0.4) is 0 Å². The molecule has 0 unspecified atom stereocenters. The third-order valence-electron chi connectivity index (χ3n) is 2.09. The van der Waals surface area contributed by atoms with Gasteiger partial charge in [-0.15, -0.1) is 0 Å². The molecule has 90 valence electrons. The highest BCUT2D eigenvalue weighted by molar-refractivity contribution is 5.99. The molecule has 5 nitrogen and oxygen atoms in total. The lowest BCUT2D eigenvalue weighted by atomic mass is 10.1. The van der Waals surface area contributed by atoms with Crippen LogP contribution in [0.25, 0.3) is 0 Å². The minimum atomic E-state index is 0.285. The van der Waals surface area contributed by atoms with E-state index < -0.39 is 0 Å². The highest BCUT2D eigenvalue weighted by Gasteiger charge is 2.02. The lowest BCUT2D eigenvalue weighted by Gasteiger charge is -2.06. The molecular formula is C12H15N3O2. The van der Waals surface area contributed by atoms with Crippen LogP contribution < -0.4 is 10.5 Å². The number of nitrogens with two attached hydrogens (primary N) is 1. The summed E-state index contributed by atoms with van der Waals surface area (Å²) in [7, 11) is 1.58. The molecule has 5 heteroatoms. The van der Waals surface area contributed by atoms with Gasteiger partial charge >= 0.3 is 0 Å². The van der Waals surface area contributed by atoms with Crippen LogP contribution in [0.5, 0.6) is 5.75 Å². The van der Waals surface area contributed by atoms with Crippen molar-refractivity contribution in [3.8, 4) is 11.8 Å². The fraction of sp³-hybridized carbons (Fsp3) is 0.333. The number of ether oxygens (including phenoxy) is 1. The van der Waals surface area contributed by atoms with E-state index in [0.29, 0.717) is 23.6 Å². The standard InChI is InChI=1S/C12H15N3O2/c1-9(15-17-5-3-4-13)10-6-11(14)8-12(7-10)16-2/h6-8H,3,5,14H2,1-2H3/b15-9+. The van der Waals surface area contributed by atoms with Gasteiger partial charge in [-0.2, -0.15) is 5.26 Å². The zero-order valence-corrected chi connectivity index (χ0v) is 9.93. The first-order chi connectivity index (χ1) is 8.17. The summed E-state index contributed by atoms with van der Waals surface area (Å²) >= 11 is 0. The second-order valence-corrected chi connectivity index (χ2v) is 3.41. The predicted octanol–water partition coefficient (Wildman–Crippen LogP) is 1.93. The molecule has 0 heterocycles. The molecular weight excluding hydrogens is 218 g/mol. The van der Waals surface area contributed by atoms with Crippen LogP contribution in [-0.2, 0) is 4.84 Å². The maximum atomic E-state index is 8.34. The van der Waals surface area contributed by atoms with Crippen LogP contribution in [0, 0.1) is 11.3 Å². The zero-order valence-electron chi connectivity index (χ0n) is 9.93. The summed E-state index contributed by atoms with van der Waals surface area (Å²) in [5, 5.41) is 12.2. The third-order valence-corrected chi connectivity index (χ3v) is 2.09. The predicted molar refractivity (Wildman–Crippen MR) is 65.8 cm³/mol. The summed E-state index contributed by atoms with van der Waals surface area (Å²) in [6.07, 6.45) is 0.316. The third kappa shape index (κ3) is 4.03. The van der Waals surface area contributed by atoms with E-state index in [-0.39, 0.29) is 6.61 Å². The van der Waals surface area contributed by atoms with Crippen molar-refractivity contribution in [3.63, 3.8) is 0 Å². The molecule has 0 saturated heterocycles. The first-order valence-electron chi connectivity index (χ1n) is 5.16. The van der Waals surface area contributed by atoms with Crippen molar-refractivity contribution in [1.29, 1.82) is 5.26 Å². The highest BCUT2D eigenvalue weighted by Crippen LogP contribution is 2.19. The van der Waals surface area contributed by atoms with Gasteiger partial charge in [0.05, 0.1) is 25.3 Å². The summed E-state index contributed by atoms with van der Waals surface area (Å²) in [6, 6.07) is 7.31. The second kappa shape index (κ2) is 6.38. The summed E-state index contributed by atoms with van der Waals surface area (Å²) in [4.78, 5) is 4.99. The maximum absolute atomic E-state index is 8.34. The molecule has 0 aliphatic heterocycles. The van der Waals surface area contributed by atoms with E-state index in [1.807, 2.05) is 12.1 Å². The Morgan fingerprint density at radius 2 is 2.24 bits per heavy atom. The van der Waals surface area contributed by atoms with Crippen molar-refractivity contribution in [3.05, 3.63) is 23.8 Å². The van der Waals surface area contributed by atoms with Crippen LogP contribution in [0.4, 0.5) is 5.69 Å². The Bertz CT molecular complexity index is 450. The van der Waals surface area contributed by atoms with Gasteiger partial charge in [0.2, 0.25) is 0 Å². The molecule has 0 aliphatic rings. The lowest BCUT2D eigenvalue weighted by Crippen LogP contribution is -2.00. The first kappa shape index (κ1) is 12.8. The van der Waals surface area contributed by atoms with E-state index in [0.717, 1.165) is 5.56 Å². The Balaban J connectivity index is 2.77. The number of hydrogen-bond donors (Lipinski definition) is 1. The molecule has 0 aromatic heterocycles. The highest BCUT2D eigenvalue weighted by atomic mass is 16.6. The van der Waals surface area contributed by atoms with E-state index in [4.69, 9.17) is 20.6 Å². The van der Waals surface area contributed by atoms with E-state index in [1.165, 1.54) is 0 Å². The number of oxime groups is 1. The van der Waals surface area contributed by atoms with E-state index >= 15 is 0 Å². The minimum absolute atomic E-state index is 0.285. The molecule has 0 aliphatic carbocycles. The van der Waals surface area contributed by atoms with Gasteiger partial charge in [-0.1, -0.05) is 5.16 Å². The largest absolute Gasteiger partial charge is 0.497 e. The van der Waals surface area contributed by atoms with Gasteiger partial charge in [0, 0.05) is 17.3 Å². The van der Waals surface area contributed by atoms with E-state index in [1.54, 1.807) is 26.2 Å². The number of nitrogen functional groups attached to an aromatic ring is 1. The summed E-state index contributed by atoms with van der Waals surface area (Å²) in [5.41, 5.74) is 7.85. The fourth-order valence-electron chi connectivity index (χ4n) is 1.24. The first-order valence-corrected chi connectivity index (χ1v) is 5.16. The number of rotatable bonds is 5. The molecule has 0 radical (unpaired) electrons. The average Bonchev–Trinajstić information content (AvgIpc) is 2.33. The van der Waals surface area contributed by atoms with E-state index in [9.17, 15) is 0 Å². The quantitative estimate of drug-likeness (QED) is 0.364. The second-order valence-electron chi connectivity index (χ2n) is 3.41. The zero-order chi connectivity index (χ0) is 12.7. The molecule has 0 atom stereocenters. The van der Waals surface area contributed by atoms with Crippen LogP contribution in [-0.4, -0.2) is 19.4 Å². The normalized spacial score (nSPS) is 10.8. The number of nitrogens with zero attached hydrogens (tertiary/aromatic N) is 2. The molecule has 0 fully saturated rings. The summed E-state index contributed by atoms with van der Waals surface area (Å²) < 4.78 is 5.11. The van der Waals surface area contributed by atoms with Crippen LogP contribution in [0.1, 0.15) is 18.9 Å². The maximum Gasteiger partial charge on any atom is 0.130 e. The van der Waals surface area contributed by atoms with Crippen molar-refractivity contribution in [2.45, 2.75) is 13.3 Å². The molecule has 1 aromatic rings. The van der Waals surface area contributed by atoms with Gasteiger partial charge in [-0.25, -0.2) is 0 Å². The summed E-state index contributed by atoms with van der Waals surface area (Å²) in [6.45, 7) is 2.09.